The number of pyridine rings is 2. The highest BCUT2D eigenvalue weighted by Crippen LogP contribution is 2.23. The standard InChI is InChI=1S/C24H21N5O/c1-28(15-18-13-17-6-3-4-8-21(17)29(18)2)22(30)10-9-16-12-20-19-7-5-11-25-23(19)27-24(20)26-14-16/h3-14H,15H2,1-2H3,(H,25,26,27). The Bertz CT molecular complexity index is 1430. The molecule has 1 amide bonds. The Morgan fingerprint density at radius 1 is 1.10 bits per heavy atom. The second kappa shape index (κ2) is 7.15. The summed E-state index contributed by atoms with van der Waals surface area (Å²) in [5, 5.41) is 3.20. The number of aryl methyl sites for hydroxylation is 1. The van der Waals surface area contributed by atoms with Crippen molar-refractivity contribution >= 4 is 45.0 Å². The van der Waals surface area contributed by atoms with Gasteiger partial charge in [0.25, 0.3) is 0 Å². The molecule has 0 saturated heterocycles. The van der Waals surface area contributed by atoms with E-state index in [1.165, 1.54) is 5.39 Å². The van der Waals surface area contributed by atoms with Crippen molar-refractivity contribution in [1.82, 2.24) is 24.4 Å². The van der Waals surface area contributed by atoms with Gasteiger partial charge in [-0.05, 0) is 47.4 Å². The summed E-state index contributed by atoms with van der Waals surface area (Å²) in [4.78, 5) is 26.4. The molecule has 0 bridgehead atoms. The molecule has 30 heavy (non-hydrogen) atoms. The van der Waals surface area contributed by atoms with E-state index in [1.807, 2.05) is 50.5 Å². The number of carbonyl (C=O) groups is 1. The van der Waals surface area contributed by atoms with E-state index in [-0.39, 0.29) is 5.91 Å². The van der Waals surface area contributed by atoms with Crippen LogP contribution in [-0.4, -0.2) is 37.4 Å². The number of likely N-dealkylation sites (N-methyl/N-ethyl adjacent to an activating group) is 1. The summed E-state index contributed by atoms with van der Waals surface area (Å²) >= 11 is 0. The van der Waals surface area contributed by atoms with E-state index >= 15 is 0 Å². The molecule has 0 aliphatic rings. The Labute approximate surface area is 173 Å². The Hall–Kier alpha value is -3.93. The minimum absolute atomic E-state index is 0.0547. The number of benzene rings is 1. The van der Waals surface area contributed by atoms with E-state index in [0.29, 0.717) is 6.54 Å². The van der Waals surface area contributed by atoms with Crippen molar-refractivity contribution in [3.05, 3.63) is 78.3 Å². The Kier molecular flexibility index (Phi) is 4.32. The van der Waals surface area contributed by atoms with Crippen LogP contribution in [0.15, 0.2) is 67.0 Å². The Balaban J connectivity index is 1.36. The number of hydrogen-bond donors (Lipinski definition) is 1. The quantitative estimate of drug-likeness (QED) is 0.462. The van der Waals surface area contributed by atoms with E-state index in [9.17, 15) is 4.79 Å². The Morgan fingerprint density at radius 2 is 1.93 bits per heavy atom. The first-order chi connectivity index (χ1) is 14.6. The monoisotopic (exact) mass is 395 g/mol. The maximum Gasteiger partial charge on any atom is 0.246 e. The number of fused-ring (bicyclic) bond motifs is 4. The van der Waals surface area contributed by atoms with Gasteiger partial charge in [0.05, 0.1) is 6.54 Å². The van der Waals surface area contributed by atoms with Crippen molar-refractivity contribution < 1.29 is 4.79 Å². The second-order valence-electron chi connectivity index (χ2n) is 7.47. The summed E-state index contributed by atoms with van der Waals surface area (Å²) in [6.45, 7) is 0.541. The molecule has 0 aliphatic carbocycles. The van der Waals surface area contributed by atoms with Gasteiger partial charge in [-0.3, -0.25) is 4.79 Å². The predicted octanol–water partition coefficient (Wildman–Crippen LogP) is 4.27. The molecule has 148 valence electrons. The van der Waals surface area contributed by atoms with Crippen LogP contribution in [0.3, 0.4) is 0 Å². The van der Waals surface area contributed by atoms with Crippen LogP contribution in [0.2, 0.25) is 0 Å². The second-order valence-corrected chi connectivity index (χ2v) is 7.47. The Morgan fingerprint density at radius 3 is 2.80 bits per heavy atom. The molecule has 6 heteroatoms. The van der Waals surface area contributed by atoms with E-state index in [2.05, 4.69) is 37.7 Å². The zero-order valence-electron chi connectivity index (χ0n) is 16.8. The number of aromatic amines is 1. The van der Waals surface area contributed by atoms with Gasteiger partial charge >= 0.3 is 0 Å². The van der Waals surface area contributed by atoms with Crippen LogP contribution in [0.25, 0.3) is 39.0 Å². The minimum Gasteiger partial charge on any atom is -0.346 e. The molecular weight excluding hydrogens is 374 g/mol. The number of hydrogen-bond acceptors (Lipinski definition) is 3. The average Bonchev–Trinajstić information content (AvgIpc) is 3.29. The highest BCUT2D eigenvalue weighted by molar-refractivity contribution is 6.05. The number of carbonyl (C=O) groups excluding carboxylic acids is 1. The predicted molar refractivity (Wildman–Crippen MR) is 120 cm³/mol. The van der Waals surface area contributed by atoms with Gasteiger partial charge in [-0.25, -0.2) is 9.97 Å². The van der Waals surface area contributed by atoms with E-state index in [1.54, 1.807) is 23.4 Å². The van der Waals surface area contributed by atoms with Gasteiger partial charge in [-0.2, -0.15) is 0 Å². The zero-order chi connectivity index (χ0) is 20.7. The molecule has 1 N–H and O–H groups in total. The molecule has 1 aromatic carbocycles. The molecule has 0 radical (unpaired) electrons. The highest BCUT2D eigenvalue weighted by atomic mass is 16.2. The molecule has 0 aliphatic heterocycles. The first-order valence-electron chi connectivity index (χ1n) is 9.79. The lowest BCUT2D eigenvalue weighted by molar-refractivity contribution is -0.125. The summed E-state index contributed by atoms with van der Waals surface area (Å²) in [5.74, 6) is -0.0547. The first-order valence-corrected chi connectivity index (χ1v) is 9.79. The van der Waals surface area contributed by atoms with Crippen molar-refractivity contribution in [1.29, 1.82) is 0 Å². The molecular formula is C24H21N5O. The van der Waals surface area contributed by atoms with Gasteiger partial charge in [0.1, 0.15) is 11.3 Å². The van der Waals surface area contributed by atoms with Gasteiger partial charge < -0.3 is 14.5 Å². The van der Waals surface area contributed by atoms with Gasteiger partial charge in [0, 0.05) is 54.5 Å². The van der Waals surface area contributed by atoms with Crippen molar-refractivity contribution in [2.24, 2.45) is 7.05 Å². The maximum atomic E-state index is 12.7. The molecule has 0 unspecified atom stereocenters. The zero-order valence-corrected chi connectivity index (χ0v) is 16.8. The molecule has 4 heterocycles. The number of rotatable bonds is 4. The first kappa shape index (κ1) is 18.1. The molecule has 0 spiro atoms. The summed E-state index contributed by atoms with van der Waals surface area (Å²) in [5.41, 5.74) is 4.73. The fourth-order valence-electron chi connectivity index (χ4n) is 3.82. The highest BCUT2D eigenvalue weighted by Gasteiger charge is 2.11. The van der Waals surface area contributed by atoms with Crippen molar-refractivity contribution in [2.75, 3.05) is 7.05 Å². The van der Waals surface area contributed by atoms with Gasteiger partial charge in [0.15, 0.2) is 0 Å². The lowest BCUT2D eigenvalue weighted by Gasteiger charge is -2.15. The van der Waals surface area contributed by atoms with Crippen molar-refractivity contribution in [3.8, 4) is 0 Å². The van der Waals surface area contributed by atoms with E-state index in [0.717, 1.165) is 38.8 Å². The normalized spacial score (nSPS) is 11.8. The van der Waals surface area contributed by atoms with E-state index in [4.69, 9.17) is 0 Å². The fraction of sp³-hybridized carbons (Fsp3) is 0.125. The number of nitrogens with zero attached hydrogens (tertiary/aromatic N) is 4. The summed E-state index contributed by atoms with van der Waals surface area (Å²) in [6.07, 6.45) is 6.91. The maximum absolute atomic E-state index is 12.7. The summed E-state index contributed by atoms with van der Waals surface area (Å²) < 4.78 is 2.13. The van der Waals surface area contributed by atoms with Crippen LogP contribution in [0, 0.1) is 0 Å². The third-order valence-corrected chi connectivity index (χ3v) is 5.49. The molecule has 0 saturated carbocycles. The number of para-hydroxylation sites is 1. The van der Waals surface area contributed by atoms with Crippen LogP contribution in [0.5, 0.6) is 0 Å². The fourth-order valence-corrected chi connectivity index (χ4v) is 3.82. The molecule has 6 nitrogen and oxygen atoms in total. The number of H-pyrrole nitrogens is 1. The lowest BCUT2D eigenvalue weighted by Crippen LogP contribution is -2.25. The molecule has 0 atom stereocenters. The van der Waals surface area contributed by atoms with Crippen molar-refractivity contribution in [2.45, 2.75) is 6.54 Å². The van der Waals surface area contributed by atoms with Gasteiger partial charge in [0.2, 0.25) is 5.91 Å². The van der Waals surface area contributed by atoms with Gasteiger partial charge in [-0.15, -0.1) is 0 Å². The topological polar surface area (TPSA) is 66.8 Å². The molecule has 5 rings (SSSR count). The molecule has 0 fully saturated rings. The largest absolute Gasteiger partial charge is 0.346 e. The third kappa shape index (κ3) is 3.12. The smallest absolute Gasteiger partial charge is 0.246 e. The summed E-state index contributed by atoms with van der Waals surface area (Å²) in [6, 6.07) is 16.3. The van der Waals surface area contributed by atoms with Crippen molar-refractivity contribution in [3.63, 3.8) is 0 Å². The van der Waals surface area contributed by atoms with Crippen LogP contribution < -0.4 is 0 Å². The third-order valence-electron chi connectivity index (χ3n) is 5.49. The minimum atomic E-state index is -0.0547. The molecule has 5 aromatic rings. The van der Waals surface area contributed by atoms with Crippen LogP contribution in [-0.2, 0) is 18.4 Å². The SMILES string of the molecule is CN(Cc1cc2ccccc2n1C)C(=O)C=Cc1cnc2[nH]c3ncccc3c2c1. The average molecular weight is 395 g/mol. The van der Waals surface area contributed by atoms with E-state index < -0.39 is 0 Å². The molecule has 4 aromatic heterocycles. The summed E-state index contributed by atoms with van der Waals surface area (Å²) in [7, 11) is 3.85. The van der Waals surface area contributed by atoms with Gasteiger partial charge in [-0.1, -0.05) is 18.2 Å². The lowest BCUT2D eigenvalue weighted by atomic mass is 10.2. The van der Waals surface area contributed by atoms with Crippen LogP contribution in [0.1, 0.15) is 11.3 Å². The van der Waals surface area contributed by atoms with Crippen LogP contribution >= 0.6 is 0 Å². The number of aromatic nitrogens is 4. The van der Waals surface area contributed by atoms with Crippen LogP contribution in [0.4, 0.5) is 0 Å². The number of nitrogens with one attached hydrogen (secondary N) is 1. The number of amides is 1.